The second-order valence-corrected chi connectivity index (χ2v) is 6.73. The summed E-state index contributed by atoms with van der Waals surface area (Å²) in [6.07, 6.45) is -8.77. The maximum Gasteiger partial charge on any atom is 0.424 e. The van der Waals surface area contributed by atoms with E-state index in [9.17, 15) is 36.2 Å². The zero-order valence-corrected chi connectivity index (χ0v) is 15.0. The monoisotopic (exact) mass is 435 g/mol. The van der Waals surface area contributed by atoms with E-state index in [4.69, 9.17) is 16.2 Å². The van der Waals surface area contributed by atoms with Gasteiger partial charge in [0, 0.05) is 17.7 Å². The first-order valence-corrected chi connectivity index (χ1v) is 8.40. The van der Waals surface area contributed by atoms with Gasteiger partial charge in [-0.15, -0.1) is 0 Å². The van der Waals surface area contributed by atoms with E-state index in [2.05, 4.69) is 4.98 Å². The number of ether oxygens (including phenoxy) is 1. The van der Waals surface area contributed by atoms with Crippen molar-refractivity contribution >= 4 is 5.91 Å². The quantitative estimate of drug-likeness (QED) is 0.622. The summed E-state index contributed by atoms with van der Waals surface area (Å²) in [5.41, 5.74) is 1.57. The Kier molecular flexibility index (Phi) is 5.19. The number of alkyl halides is 5. The summed E-state index contributed by atoms with van der Waals surface area (Å²) in [7, 11) is 0. The summed E-state index contributed by atoms with van der Waals surface area (Å²) in [4.78, 5) is 15.7. The standard InChI is InChI=1S/C18H15F6N3O3/c19-9-3-1-8(2-4-9)12-13-10(16(7-30-13,14(20)21)15(26)28)5-11(27-12)17(29,6-25)18(22,23)24/h1-5,14,29H,6-7,25H2,(H2,26,28). The molecule has 1 aliphatic heterocycles. The topological polar surface area (TPSA) is 111 Å². The number of amides is 1. The van der Waals surface area contributed by atoms with Crippen molar-refractivity contribution in [2.45, 2.75) is 23.6 Å². The number of hydrogen-bond donors (Lipinski definition) is 3. The van der Waals surface area contributed by atoms with Crippen molar-refractivity contribution in [3.05, 3.63) is 47.4 Å². The minimum atomic E-state index is -5.33. The van der Waals surface area contributed by atoms with Crippen molar-refractivity contribution in [1.82, 2.24) is 4.98 Å². The lowest BCUT2D eigenvalue weighted by Gasteiger charge is -2.30. The molecule has 0 aliphatic carbocycles. The van der Waals surface area contributed by atoms with E-state index in [0.29, 0.717) is 6.07 Å². The number of benzene rings is 1. The summed E-state index contributed by atoms with van der Waals surface area (Å²) in [6, 6.07) is 4.64. The highest BCUT2D eigenvalue weighted by Gasteiger charge is 2.59. The fourth-order valence-electron chi connectivity index (χ4n) is 3.15. The predicted octanol–water partition coefficient (Wildman–Crippen LogP) is 1.98. The maximum atomic E-state index is 13.9. The molecule has 0 spiro atoms. The summed E-state index contributed by atoms with van der Waals surface area (Å²) in [5.74, 6) is -2.65. The Balaban J connectivity index is 2.39. The highest BCUT2D eigenvalue weighted by molar-refractivity contribution is 5.91. The van der Waals surface area contributed by atoms with Crippen LogP contribution in [0.3, 0.4) is 0 Å². The fourth-order valence-corrected chi connectivity index (χ4v) is 3.15. The molecule has 2 unspecified atom stereocenters. The normalized spacial score (nSPS) is 20.6. The van der Waals surface area contributed by atoms with Gasteiger partial charge in [0.2, 0.25) is 11.5 Å². The zero-order valence-electron chi connectivity index (χ0n) is 15.0. The van der Waals surface area contributed by atoms with Gasteiger partial charge in [0.05, 0.1) is 5.69 Å². The molecule has 12 heteroatoms. The van der Waals surface area contributed by atoms with Crippen LogP contribution in [-0.4, -0.2) is 41.8 Å². The molecule has 5 N–H and O–H groups in total. The smallest absolute Gasteiger partial charge is 0.424 e. The van der Waals surface area contributed by atoms with E-state index in [-0.39, 0.29) is 5.56 Å². The van der Waals surface area contributed by atoms with Gasteiger partial charge >= 0.3 is 6.18 Å². The minimum Gasteiger partial charge on any atom is -0.489 e. The summed E-state index contributed by atoms with van der Waals surface area (Å²) >= 11 is 0. The Morgan fingerprint density at radius 1 is 1.27 bits per heavy atom. The second kappa shape index (κ2) is 7.13. The number of nitrogens with zero attached hydrogens (tertiary/aromatic N) is 1. The number of aromatic nitrogens is 1. The largest absolute Gasteiger partial charge is 0.489 e. The van der Waals surface area contributed by atoms with Gasteiger partial charge in [-0.1, -0.05) is 0 Å². The first-order chi connectivity index (χ1) is 13.9. The van der Waals surface area contributed by atoms with Crippen LogP contribution in [-0.2, 0) is 15.8 Å². The number of rotatable bonds is 5. The van der Waals surface area contributed by atoms with E-state index >= 15 is 0 Å². The van der Waals surface area contributed by atoms with Crippen molar-refractivity contribution in [3.8, 4) is 17.0 Å². The number of halogens is 6. The van der Waals surface area contributed by atoms with Crippen LogP contribution in [0.2, 0.25) is 0 Å². The van der Waals surface area contributed by atoms with E-state index in [1.807, 2.05) is 0 Å². The van der Waals surface area contributed by atoms with Crippen LogP contribution >= 0.6 is 0 Å². The molecule has 0 fully saturated rings. The molecular formula is C18H15F6N3O3. The van der Waals surface area contributed by atoms with Gasteiger partial charge in [0.15, 0.2) is 5.41 Å². The zero-order chi connectivity index (χ0) is 22.5. The molecule has 0 saturated heterocycles. The number of carbonyl (C=O) groups is 1. The highest BCUT2D eigenvalue weighted by atomic mass is 19.4. The summed E-state index contributed by atoms with van der Waals surface area (Å²) in [5, 5.41) is 10.2. The number of hydrogen-bond acceptors (Lipinski definition) is 5. The van der Waals surface area contributed by atoms with Gasteiger partial charge in [-0.2, -0.15) is 13.2 Å². The van der Waals surface area contributed by atoms with Gasteiger partial charge in [-0.25, -0.2) is 18.2 Å². The lowest BCUT2D eigenvalue weighted by atomic mass is 9.80. The van der Waals surface area contributed by atoms with E-state index in [1.165, 1.54) is 0 Å². The van der Waals surface area contributed by atoms with Crippen molar-refractivity contribution in [1.29, 1.82) is 0 Å². The van der Waals surface area contributed by atoms with Crippen molar-refractivity contribution < 1.29 is 41.0 Å². The van der Waals surface area contributed by atoms with Crippen molar-refractivity contribution in [3.63, 3.8) is 0 Å². The van der Waals surface area contributed by atoms with Crippen LogP contribution in [0, 0.1) is 5.82 Å². The van der Waals surface area contributed by atoms with Gasteiger partial charge in [0.1, 0.15) is 23.9 Å². The third-order valence-corrected chi connectivity index (χ3v) is 5.02. The Morgan fingerprint density at radius 3 is 2.33 bits per heavy atom. The first kappa shape index (κ1) is 21.8. The van der Waals surface area contributed by atoms with Gasteiger partial charge in [-0.3, -0.25) is 4.79 Å². The van der Waals surface area contributed by atoms with E-state index in [1.54, 1.807) is 0 Å². The molecule has 1 amide bonds. The number of nitrogens with two attached hydrogens (primary N) is 2. The molecular weight excluding hydrogens is 420 g/mol. The number of carbonyl (C=O) groups excluding carboxylic acids is 1. The molecule has 162 valence electrons. The Morgan fingerprint density at radius 2 is 1.87 bits per heavy atom. The van der Waals surface area contributed by atoms with E-state index in [0.717, 1.165) is 24.3 Å². The molecule has 2 atom stereocenters. The minimum absolute atomic E-state index is 0.00872. The van der Waals surface area contributed by atoms with Crippen LogP contribution < -0.4 is 16.2 Å². The predicted molar refractivity (Wildman–Crippen MR) is 91.0 cm³/mol. The molecule has 1 aromatic carbocycles. The number of aliphatic hydroxyl groups is 1. The maximum absolute atomic E-state index is 13.9. The number of fused-ring (bicyclic) bond motifs is 1. The lowest BCUT2D eigenvalue weighted by Crippen LogP contribution is -2.50. The summed E-state index contributed by atoms with van der Waals surface area (Å²) < 4.78 is 86.9. The molecule has 6 nitrogen and oxygen atoms in total. The molecule has 2 heterocycles. The second-order valence-electron chi connectivity index (χ2n) is 6.73. The lowest BCUT2D eigenvalue weighted by molar-refractivity contribution is -0.263. The molecule has 1 aromatic heterocycles. The Bertz CT molecular complexity index is 982. The van der Waals surface area contributed by atoms with Crippen LogP contribution in [0.1, 0.15) is 11.3 Å². The van der Waals surface area contributed by atoms with E-state index < -0.39 is 71.2 Å². The molecule has 0 bridgehead atoms. The van der Waals surface area contributed by atoms with Gasteiger partial charge < -0.3 is 21.3 Å². The van der Waals surface area contributed by atoms with Gasteiger partial charge in [0.25, 0.3) is 6.43 Å². The van der Waals surface area contributed by atoms with Gasteiger partial charge in [-0.05, 0) is 30.3 Å². The molecule has 1 aliphatic rings. The SMILES string of the molecule is NCC(O)(c1cc2c(c(-c3ccc(F)cc3)n1)OCC2(C(N)=O)C(F)F)C(F)(F)F. The summed E-state index contributed by atoms with van der Waals surface area (Å²) in [6.45, 7) is -2.34. The van der Waals surface area contributed by atoms with Crippen LogP contribution in [0.25, 0.3) is 11.3 Å². The Labute approximate surface area is 165 Å². The third kappa shape index (κ3) is 3.06. The third-order valence-electron chi connectivity index (χ3n) is 5.02. The van der Waals surface area contributed by atoms with Crippen molar-refractivity contribution in [2.75, 3.05) is 13.2 Å². The first-order valence-electron chi connectivity index (χ1n) is 8.40. The fraction of sp³-hybridized carbons (Fsp3) is 0.333. The van der Waals surface area contributed by atoms with Crippen molar-refractivity contribution in [2.24, 2.45) is 11.5 Å². The van der Waals surface area contributed by atoms with Crippen LogP contribution in [0.15, 0.2) is 30.3 Å². The highest BCUT2D eigenvalue weighted by Crippen LogP contribution is 2.49. The number of primary amides is 1. The molecule has 30 heavy (non-hydrogen) atoms. The van der Waals surface area contributed by atoms with Crippen LogP contribution in [0.5, 0.6) is 5.75 Å². The molecule has 0 saturated carbocycles. The molecule has 3 rings (SSSR count). The van der Waals surface area contributed by atoms with Crippen LogP contribution in [0.4, 0.5) is 26.3 Å². The molecule has 0 radical (unpaired) electrons. The molecule has 2 aromatic rings. The Hall–Kier alpha value is -2.86. The average Bonchev–Trinajstić information content (AvgIpc) is 3.07. The average molecular weight is 435 g/mol. The number of pyridine rings is 1.